The van der Waals surface area contributed by atoms with E-state index >= 15 is 0 Å². The first kappa shape index (κ1) is 11.5. The van der Waals surface area contributed by atoms with Gasteiger partial charge in [-0.15, -0.1) is 0 Å². The lowest BCUT2D eigenvalue weighted by Crippen LogP contribution is -2.38. The molecule has 0 bridgehead atoms. The molecule has 1 saturated heterocycles. The minimum Gasteiger partial charge on any atom is -0.343 e. The first-order valence-corrected chi connectivity index (χ1v) is 6.52. The minimum absolute atomic E-state index is 0.0703. The Labute approximate surface area is 85.2 Å². The third-order valence-corrected chi connectivity index (χ3v) is 3.53. The van der Waals surface area contributed by atoms with Crippen molar-refractivity contribution in [3.05, 3.63) is 6.26 Å². The van der Waals surface area contributed by atoms with Crippen LogP contribution in [0.4, 0.5) is 0 Å². The van der Waals surface area contributed by atoms with Crippen LogP contribution in [-0.4, -0.2) is 38.1 Å². The van der Waals surface area contributed by atoms with Crippen LogP contribution in [-0.2, 0) is 14.6 Å². The molecule has 0 aliphatic carbocycles. The predicted octanol–water partition coefficient (Wildman–Crippen LogP) is 0.451. The number of hydrogen-bond acceptors (Lipinski definition) is 3. The van der Waals surface area contributed by atoms with E-state index in [9.17, 15) is 13.2 Å². The maximum Gasteiger partial charge on any atom is 0.219 e. The SMILES string of the molecule is [CH2]S(=O)(=O)CC1CCN(C(C)=O)CC1. The highest BCUT2D eigenvalue weighted by molar-refractivity contribution is 7.92. The summed E-state index contributed by atoms with van der Waals surface area (Å²) in [5.74, 6) is 0.396. The highest BCUT2D eigenvalue weighted by atomic mass is 32.2. The molecule has 0 N–H and O–H groups in total. The van der Waals surface area contributed by atoms with Crippen molar-refractivity contribution in [2.24, 2.45) is 5.92 Å². The zero-order valence-electron chi connectivity index (χ0n) is 8.40. The maximum atomic E-state index is 11.0. The zero-order valence-corrected chi connectivity index (χ0v) is 9.22. The van der Waals surface area contributed by atoms with Gasteiger partial charge in [0, 0.05) is 20.0 Å². The van der Waals surface area contributed by atoms with E-state index in [0.29, 0.717) is 13.1 Å². The zero-order chi connectivity index (χ0) is 10.8. The molecule has 1 fully saturated rings. The Morgan fingerprint density at radius 3 is 2.29 bits per heavy atom. The summed E-state index contributed by atoms with van der Waals surface area (Å²) in [6.07, 6.45) is 4.65. The normalized spacial score (nSPS) is 19.7. The van der Waals surface area contributed by atoms with Crippen molar-refractivity contribution < 1.29 is 13.2 Å². The van der Waals surface area contributed by atoms with Crippen molar-refractivity contribution >= 4 is 15.7 Å². The Bertz CT molecular complexity index is 302. The monoisotopic (exact) mass is 218 g/mol. The Morgan fingerprint density at radius 1 is 1.43 bits per heavy atom. The van der Waals surface area contributed by atoms with E-state index < -0.39 is 9.84 Å². The fourth-order valence-electron chi connectivity index (χ4n) is 1.77. The average molecular weight is 218 g/mol. The van der Waals surface area contributed by atoms with Gasteiger partial charge in [-0.1, -0.05) is 0 Å². The summed E-state index contributed by atoms with van der Waals surface area (Å²) in [7, 11) is -3.11. The van der Waals surface area contributed by atoms with Crippen LogP contribution in [0.15, 0.2) is 0 Å². The summed E-state index contributed by atoms with van der Waals surface area (Å²) in [6, 6.07) is 0. The molecule has 1 radical (unpaired) electrons. The fourth-order valence-corrected chi connectivity index (χ4v) is 2.83. The largest absolute Gasteiger partial charge is 0.343 e. The van der Waals surface area contributed by atoms with E-state index in [1.807, 2.05) is 0 Å². The molecule has 1 rings (SSSR count). The van der Waals surface area contributed by atoms with Crippen LogP contribution in [0, 0.1) is 12.2 Å². The van der Waals surface area contributed by atoms with Gasteiger partial charge in [-0.05, 0) is 18.8 Å². The number of rotatable bonds is 2. The number of piperidine rings is 1. The lowest BCUT2D eigenvalue weighted by Gasteiger charge is -2.30. The van der Waals surface area contributed by atoms with Crippen LogP contribution >= 0.6 is 0 Å². The Morgan fingerprint density at radius 2 is 1.93 bits per heavy atom. The molecule has 1 aliphatic heterocycles. The molecule has 0 spiro atoms. The Balaban J connectivity index is 2.40. The molecule has 1 amide bonds. The van der Waals surface area contributed by atoms with Crippen LogP contribution in [0.25, 0.3) is 0 Å². The molecule has 0 saturated carbocycles. The van der Waals surface area contributed by atoms with Crippen molar-refractivity contribution in [2.45, 2.75) is 19.8 Å². The first-order valence-electron chi connectivity index (χ1n) is 4.70. The summed E-state index contributed by atoms with van der Waals surface area (Å²) in [5, 5.41) is 0. The number of likely N-dealkylation sites (tertiary alicyclic amines) is 1. The number of amides is 1. The summed E-state index contributed by atoms with van der Waals surface area (Å²) in [5.41, 5.74) is 0. The second-order valence-corrected chi connectivity index (χ2v) is 5.68. The maximum absolute atomic E-state index is 11.0. The number of sulfone groups is 1. The van der Waals surface area contributed by atoms with E-state index in [-0.39, 0.29) is 17.6 Å². The van der Waals surface area contributed by atoms with Gasteiger partial charge in [0.1, 0.15) is 0 Å². The van der Waals surface area contributed by atoms with Crippen molar-refractivity contribution in [3.8, 4) is 0 Å². The van der Waals surface area contributed by atoms with Gasteiger partial charge in [-0.2, -0.15) is 0 Å². The van der Waals surface area contributed by atoms with Gasteiger partial charge in [0.15, 0.2) is 9.84 Å². The predicted molar refractivity (Wildman–Crippen MR) is 54.1 cm³/mol. The highest BCUT2D eigenvalue weighted by Gasteiger charge is 2.23. The smallest absolute Gasteiger partial charge is 0.219 e. The second kappa shape index (κ2) is 4.29. The molecular weight excluding hydrogens is 202 g/mol. The van der Waals surface area contributed by atoms with E-state index in [0.717, 1.165) is 12.8 Å². The fraction of sp³-hybridized carbons (Fsp3) is 0.778. The Kier molecular flexibility index (Phi) is 3.53. The van der Waals surface area contributed by atoms with Gasteiger partial charge in [-0.3, -0.25) is 4.79 Å². The minimum atomic E-state index is -3.11. The van der Waals surface area contributed by atoms with Crippen molar-refractivity contribution in [3.63, 3.8) is 0 Å². The van der Waals surface area contributed by atoms with E-state index in [1.54, 1.807) is 11.8 Å². The van der Waals surface area contributed by atoms with Gasteiger partial charge in [0.2, 0.25) is 5.91 Å². The van der Waals surface area contributed by atoms with Crippen LogP contribution in [0.3, 0.4) is 0 Å². The molecule has 0 unspecified atom stereocenters. The van der Waals surface area contributed by atoms with Crippen LogP contribution < -0.4 is 0 Å². The number of carbonyl (C=O) groups excluding carboxylic acids is 1. The topological polar surface area (TPSA) is 54.5 Å². The van der Waals surface area contributed by atoms with Crippen LogP contribution in [0.5, 0.6) is 0 Å². The second-order valence-electron chi connectivity index (χ2n) is 3.86. The lowest BCUT2D eigenvalue weighted by molar-refractivity contribution is -0.130. The lowest BCUT2D eigenvalue weighted by atomic mass is 9.99. The van der Waals surface area contributed by atoms with Gasteiger partial charge < -0.3 is 4.90 Å². The average Bonchev–Trinajstić information content (AvgIpc) is 2.02. The Hall–Kier alpha value is -0.580. The van der Waals surface area contributed by atoms with Gasteiger partial charge in [-0.25, -0.2) is 8.42 Å². The number of nitrogens with zero attached hydrogens (tertiary/aromatic N) is 1. The van der Waals surface area contributed by atoms with Crippen molar-refractivity contribution in [2.75, 3.05) is 18.8 Å². The van der Waals surface area contributed by atoms with Crippen molar-refractivity contribution in [1.82, 2.24) is 4.90 Å². The van der Waals surface area contributed by atoms with E-state index in [2.05, 4.69) is 6.26 Å². The first-order chi connectivity index (χ1) is 6.38. The van der Waals surface area contributed by atoms with Crippen molar-refractivity contribution in [1.29, 1.82) is 0 Å². The molecule has 1 heterocycles. The molecule has 0 aromatic rings. The van der Waals surface area contributed by atoms with Gasteiger partial charge >= 0.3 is 0 Å². The summed E-state index contributed by atoms with van der Waals surface area (Å²) in [6.45, 7) is 2.89. The standard InChI is InChI=1S/C9H16NO3S/c1-8(11)10-5-3-9(4-6-10)7-14(2,12)13/h9H,2-7H2,1H3. The molecule has 1 aliphatic rings. The molecule has 5 heteroatoms. The molecule has 0 aromatic heterocycles. The van der Waals surface area contributed by atoms with E-state index in [4.69, 9.17) is 0 Å². The summed E-state index contributed by atoms with van der Waals surface area (Å²) in [4.78, 5) is 12.7. The molecule has 4 nitrogen and oxygen atoms in total. The highest BCUT2D eigenvalue weighted by Crippen LogP contribution is 2.18. The molecular formula is C9H16NO3S. The molecule has 81 valence electrons. The quantitative estimate of drug-likeness (QED) is 0.676. The molecule has 0 atom stereocenters. The summed E-state index contributed by atoms with van der Waals surface area (Å²) >= 11 is 0. The summed E-state index contributed by atoms with van der Waals surface area (Å²) < 4.78 is 21.8. The van der Waals surface area contributed by atoms with Gasteiger partial charge in [0.25, 0.3) is 0 Å². The van der Waals surface area contributed by atoms with Crippen LogP contribution in [0.1, 0.15) is 19.8 Å². The molecule has 0 aromatic carbocycles. The molecule has 14 heavy (non-hydrogen) atoms. The third kappa shape index (κ3) is 3.65. The van der Waals surface area contributed by atoms with Crippen LogP contribution in [0.2, 0.25) is 0 Å². The number of carbonyl (C=O) groups is 1. The van der Waals surface area contributed by atoms with E-state index in [1.165, 1.54) is 0 Å². The van der Waals surface area contributed by atoms with Gasteiger partial charge in [0.05, 0.1) is 12.0 Å². The number of hydrogen-bond donors (Lipinski definition) is 0. The third-order valence-electron chi connectivity index (χ3n) is 2.55.